The van der Waals surface area contributed by atoms with Crippen molar-refractivity contribution in [3.05, 3.63) is 68.6 Å². The van der Waals surface area contributed by atoms with Gasteiger partial charge in [-0.25, -0.2) is 0 Å². The normalized spacial score (nSPS) is 17.2. The van der Waals surface area contributed by atoms with E-state index in [1.165, 1.54) is 6.20 Å². The molecule has 11 heteroatoms. The lowest BCUT2D eigenvalue weighted by atomic mass is 10.0. The van der Waals surface area contributed by atoms with E-state index in [2.05, 4.69) is 33.1 Å². The molecule has 0 saturated carbocycles. The fourth-order valence-electron chi connectivity index (χ4n) is 4.52. The third-order valence-electron chi connectivity index (χ3n) is 6.81. The van der Waals surface area contributed by atoms with Crippen LogP contribution in [0.5, 0.6) is 5.75 Å². The van der Waals surface area contributed by atoms with Gasteiger partial charge in [0.05, 0.1) is 21.2 Å². The smallest absolute Gasteiger partial charge is 0.255 e. The van der Waals surface area contributed by atoms with Gasteiger partial charge in [0.1, 0.15) is 11.9 Å². The van der Waals surface area contributed by atoms with Gasteiger partial charge in [-0.2, -0.15) is 0 Å². The number of likely N-dealkylation sites (tertiary alicyclic amines) is 1. The van der Waals surface area contributed by atoms with Crippen LogP contribution in [0.2, 0.25) is 10.0 Å². The number of fused-ring (bicyclic) bond motifs is 1. The quantitative estimate of drug-likeness (QED) is 0.209. The number of H-pyrrole nitrogens is 1. The second-order valence-electron chi connectivity index (χ2n) is 10.2. The Kier molecular flexibility index (Phi) is 10.2. The summed E-state index contributed by atoms with van der Waals surface area (Å²) in [6.45, 7) is 6.68. The number of carbonyl (C=O) groups excluding carboxylic acids is 1. The van der Waals surface area contributed by atoms with Crippen molar-refractivity contribution in [3.63, 3.8) is 0 Å². The number of aliphatic hydroxyl groups is 1. The van der Waals surface area contributed by atoms with Crippen LogP contribution in [0.4, 0.5) is 0 Å². The minimum absolute atomic E-state index is 0.157. The third kappa shape index (κ3) is 8.36. The van der Waals surface area contributed by atoms with Gasteiger partial charge in [0.15, 0.2) is 0 Å². The van der Waals surface area contributed by atoms with Crippen molar-refractivity contribution in [2.24, 2.45) is 0 Å². The molecule has 3 heterocycles. The number of carbonyl (C=O) groups is 1. The maximum Gasteiger partial charge on any atom is 0.255 e. The van der Waals surface area contributed by atoms with Gasteiger partial charge in [0, 0.05) is 60.7 Å². The number of amides is 1. The molecule has 2 saturated heterocycles. The largest absolute Gasteiger partial charge is 0.490 e. The fraction of sp³-hybridized carbons (Fsp3) is 0.429. The summed E-state index contributed by atoms with van der Waals surface area (Å²) < 4.78 is 6.04. The number of halogens is 2. The van der Waals surface area contributed by atoms with Crippen LogP contribution in [-0.4, -0.2) is 71.9 Å². The Morgan fingerprint density at radius 1 is 1.15 bits per heavy atom. The molecule has 0 aliphatic carbocycles. The molecule has 1 aromatic heterocycles. The molecule has 2 fully saturated rings. The van der Waals surface area contributed by atoms with Crippen LogP contribution in [0.15, 0.2) is 52.3 Å². The van der Waals surface area contributed by atoms with Crippen molar-refractivity contribution in [2.45, 2.75) is 42.8 Å². The summed E-state index contributed by atoms with van der Waals surface area (Å²) in [7, 11) is 0. The molecule has 0 unspecified atom stereocenters. The van der Waals surface area contributed by atoms with Crippen molar-refractivity contribution >= 4 is 52.5 Å². The van der Waals surface area contributed by atoms with E-state index >= 15 is 0 Å². The molecule has 2 aromatic carbocycles. The molecular formula is C28H34Cl2N4O4S. The van der Waals surface area contributed by atoms with Gasteiger partial charge in [-0.1, -0.05) is 29.3 Å². The number of aromatic amines is 1. The van der Waals surface area contributed by atoms with Crippen LogP contribution in [0.1, 0.15) is 36.5 Å². The molecule has 8 nitrogen and oxygen atoms in total. The highest BCUT2D eigenvalue weighted by Gasteiger charge is 2.27. The van der Waals surface area contributed by atoms with E-state index in [-0.39, 0.29) is 23.2 Å². The Morgan fingerprint density at radius 3 is 2.51 bits per heavy atom. The SMILES string of the molecule is CC1(O)CNC1.O=C(NCCCN1CCC(Oc2ccc(Cl)c(Cl)c2)CC1)c1c[nH]c(=O)c2cc(S)ccc12. The lowest BCUT2D eigenvalue weighted by Crippen LogP contribution is -2.57. The molecule has 0 bridgehead atoms. The summed E-state index contributed by atoms with van der Waals surface area (Å²) in [5.41, 5.74) is -0.165. The Morgan fingerprint density at radius 2 is 1.87 bits per heavy atom. The first kappa shape index (κ1) is 29.7. The van der Waals surface area contributed by atoms with Gasteiger partial charge in [0.25, 0.3) is 11.5 Å². The number of hydrogen-bond donors (Lipinski definition) is 5. The van der Waals surface area contributed by atoms with Crippen molar-refractivity contribution < 1.29 is 14.6 Å². The molecule has 0 atom stereocenters. The average molecular weight is 594 g/mol. The number of thiol groups is 1. The van der Waals surface area contributed by atoms with E-state index in [0.29, 0.717) is 37.8 Å². The van der Waals surface area contributed by atoms with Crippen LogP contribution in [0, 0.1) is 0 Å². The summed E-state index contributed by atoms with van der Waals surface area (Å²) in [5.74, 6) is 0.544. The molecule has 5 rings (SSSR count). The highest BCUT2D eigenvalue weighted by Crippen LogP contribution is 2.28. The van der Waals surface area contributed by atoms with Gasteiger partial charge in [-0.15, -0.1) is 12.6 Å². The summed E-state index contributed by atoms with van der Waals surface area (Å²) in [6.07, 6.45) is 4.33. The number of rotatable bonds is 7. The zero-order valence-electron chi connectivity index (χ0n) is 21.8. The topological polar surface area (TPSA) is 107 Å². The molecule has 3 aromatic rings. The first-order valence-electron chi connectivity index (χ1n) is 13.0. The van der Waals surface area contributed by atoms with Gasteiger partial charge in [-0.3, -0.25) is 9.59 Å². The number of pyridine rings is 1. The zero-order chi connectivity index (χ0) is 28.0. The van der Waals surface area contributed by atoms with E-state index in [1.807, 2.05) is 13.0 Å². The second kappa shape index (κ2) is 13.4. The Labute approximate surface area is 243 Å². The number of nitrogens with zero attached hydrogens (tertiary/aromatic N) is 1. The summed E-state index contributed by atoms with van der Waals surface area (Å²) in [4.78, 5) is 30.4. The van der Waals surface area contributed by atoms with Gasteiger partial charge in [-0.05, 0) is 57.0 Å². The summed E-state index contributed by atoms with van der Waals surface area (Å²) >= 11 is 16.3. The van der Waals surface area contributed by atoms with E-state index in [9.17, 15) is 9.59 Å². The summed E-state index contributed by atoms with van der Waals surface area (Å²) in [5, 5.41) is 16.9. The summed E-state index contributed by atoms with van der Waals surface area (Å²) in [6, 6.07) is 10.5. The van der Waals surface area contributed by atoms with Gasteiger partial charge < -0.3 is 30.4 Å². The van der Waals surface area contributed by atoms with Crippen LogP contribution >= 0.6 is 35.8 Å². The number of benzene rings is 2. The van der Waals surface area contributed by atoms with Crippen LogP contribution in [0.25, 0.3) is 10.8 Å². The lowest BCUT2D eigenvalue weighted by Gasteiger charge is -2.33. The number of nitrogens with one attached hydrogen (secondary N) is 3. The third-order valence-corrected chi connectivity index (χ3v) is 7.82. The average Bonchev–Trinajstić information content (AvgIpc) is 2.89. The molecular weight excluding hydrogens is 559 g/mol. The monoisotopic (exact) mass is 592 g/mol. The molecule has 2 aliphatic heterocycles. The number of β-amino-alcohol motifs (C(OH)–C–C–N with tert-alkyl or cyclic N) is 1. The van der Waals surface area contributed by atoms with Crippen molar-refractivity contribution in [1.29, 1.82) is 0 Å². The predicted molar refractivity (Wildman–Crippen MR) is 159 cm³/mol. The van der Waals surface area contributed by atoms with E-state index < -0.39 is 0 Å². The zero-order valence-corrected chi connectivity index (χ0v) is 24.2. The first-order chi connectivity index (χ1) is 18.6. The van der Waals surface area contributed by atoms with Crippen LogP contribution in [-0.2, 0) is 0 Å². The van der Waals surface area contributed by atoms with Crippen molar-refractivity contribution in [3.8, 4) is 5.75 Å². The van der Waals surface area contributed by atoms with Crippen molar-refractivity contribution in [1.82, 2.24) is 20.5 Å². The molecule has 210 valence electrons. The number of piperidine rings is 1. The fourth-order valence-corrected chi connectivity index (χ4v) is 5.01. The Bertz CT molecular complexity index is 1350. The number of ether oxygens (including phenoxy) is 1. The Balaban J connectivity index is 0.000000519. The standard InChI is InChI=1S/C24H25Cl2N3O3S.C4H9NO/c25-21-5-2-16(12-22(21)26)32-15-6-10-29(11-7-15)9-1-8-27-24(31)20-14-28-23(30)19-13-17(33)3-4-18(19)20;1-4(6)2-5-3-4/h2-5,12-15,33H,1,6-11H2,(H,27,31)(H,28,30);5-6H,2-3H2,1H3. The molecule has 4 N–H and O–H groups in total. The second-order valence-corrected chi connectivity index (χ2v) is 11.5. The van der Waals surface area contributed by atoms with E-state index in [1.54, 1.807) is 30.3 Å². The number of hydrogen-bond acceptors (Lipinski definition) is 7. The van der Waals surface area contributed by atoms with Crippen molar-refractivity contribution in [2.75, 3.05) is 39.3 Å². The molecule has 1 amide bonds. The minimum Gasteiger partial charge on any atom is -0.490 e. The van der Waals surface area contributed by atoms with Gasteiger partial charge in [0.2, 0.25) is 0 Å². The highest BCUT2D eigenvalue weighted by atomic mass is 35.5. The molecule has 0 spiro atoms. The van der Waals surface area contributed by atoms with Gasteiger partial charge >= 0.3 is 0 Å². The van der Waals surface area contributed by atoms with E-state index in [4.69, 9.17) is 33.0 Å². The first-order valence-corrected chi connectivity index (χ1v) is 14.2. The molecule has 2 aliphatic rings. The maximum atomic E-state index is 12.7. The number of aromatic nitrogens is 1. The highest BCUT2D eigenvalue weighted by molar-refractivity contribution is 7.80. The van der Waals surface area contributed by atoms with E-state index in [0.717, 1.165) is 57.7 Å². The van der Waals surface area contributed by atoms with Crippen LogP contribution < -0.4 is 20.9 Å². The minimum atomic E-state index is -0.389. The Hall–Kier alpha value is -2.27. The van der Waals surface area contributed by atoms with Crippen LogP contribution in [0.3, 0.4) is 0 Å². The lowest BCUT2D eigenvalue weighted by molar-refractivity contribution is 0.00878. The predicted octanol–water partition coefficient (Wildman–Crippen LogP) is 4.13. The molecule has 39 heavy (non-hydrogen) atoms. The molecule has 0 radical (unpaired) electrons. The maximum absolute atomic E-state index is 12.7.